The van der Waals surface area contributed by atoms with E-state index in [4.69, 9.17) is 14.2 Å². The fraction of sp³-hybridized carbons (Fsp3) is 0.941. The molecule has 0 aliphatic heterocycles. The first-order valence-corrected chi connectivity index (χ1v) is 25.1. The van der Waals surface area contributed by atoms with Crippen molar-refractivity contribution in [1.82, 2.24) is 0 Å². The summed E-state index contributed by atoms with van der Waals surface area (Å²) >= 11 is 0. The van der Waals surface area contributed by atoms with Crippen molar-refractivity contribution in [2.75, 3.05) is 13.2 Å². The number of ether oxygens (including phenoxy) is 3. The number of unbranched alkanes of at least 4 members (excludes halogenated alkanes) is 26. The lowest BCUT2D eigenvalue weighted by atomic mass is 9.99. The number of esters is 3. The minimum absolute atomic E-state index is 0.0658. The second-order valence-electron chi connectivity index (χ2n) is 18.6. The van der Waals surface area contributed by atoms with Gasteiger partial charge in [0, 0.05) is 19.3 Å². The van der Waals surface area contributed by atoms with Crippen molar-refractivity contribution in [2.45, 2.75) is 279 Å². The highest BCUT2D eigenvalue weighted by molar-refractivity contribution is 5.71. The molecule has 0 amide bonds. The smallest absolute Gasteiger partial charge is 0.306 e. The first-order chi connectivity index (χ1) is 27.6. The molecule has 0 aliphatic rings. The molecule has 0 rings (SSSR count). The van der Waals surface area contributed by atoms with Gasteiger partial charge in [-0.05, 0) is 37.0 Å². The van der Waals surface area contributed by atoms with Crippen LogP contribution in [0.3, 0.4) is 0 Å². The van der Waals surface area contributed by atoms with Crippen LogP contribution >= 0.6 is 0 Å². The van der Waals surface area contributed by atoms with E-state index in [-0.39, 0.29) is 31.1 Å². The molecular formula is C51H98O6. The van der Waals surface area contributed by atoms with Crippen molar-refractivity contribution in [3.05, 3.63) is 0 Å². The van der Waals surface area contributed by atoms with Crippen molar-refractivity contribution in [1.29, 1.82) is 0 Å². The van der Waals surface area contributed by atoms with Crippen LogP contribution < -0.4 is 0 Å². The number of hydrogen-bond donors (Lipinski definition) is 0. The van der Waals surface area contributed by atoms with Gasteiger partial charge < -0.3 is 14.2 Å². The highest BCUT2D eigenvalue weighted by Crippen LogP contribution is 2.18. The van der Waals surface area contributed by atoms with Gasteiger partial charge in [0.1, 0.15) is 13.2 Å². The highest BCUT2D eigenvalue weighted by atomic mass is 16.6. The molecule has 0 aliphatic carbocycles. The summed E-state index contributed by atoms with van der Waals surface area (Å²) < 4.78 is 16.8. The maximum absolute atomic E-state index is 12.7. The minimum atomic E-state index is -0.762. The quantitative estimate of drug-likeness (QED) is 0.0347. The van der Waals surface area contributed by atoms with Crippen LogP contribution in [0.15, 0.2) is 0 Å². The van der Waals surface area contributed by atoms with Gasteiger partial charge in [0.25, 0.3) is 0 Å². The van der Waals surface area contributed by atoms with Crippen LogP contribution in [-0.4, -0.2) is 37.2 Å². The summed E-state index contributed by atoms with van der Waals surface area (Å²) in [4.78, 5) is 37.8. The summed E-state index contributed by atoms with van der Waals surface area (Å²) in [5, 5.41) is 0. The SMILES string of the molecule is CCC(C)CCCCCCCCCCCCCCCCC(=O)OC[C@@H](COC(=O)CCCCCCCCCCC(C)C)OC(=O)CCCCCCCCCC(C)C. The van der Waals surface area contributed by atoms with Crippen LogP contribution in [0.1, 0.15) is 273 Å². The van der Waals surface area contributed by atoms with Gasteiger partial charge in [0.2, 0.25) is 0 Å². The molecule has 0 fully saturated rings. The Morgan fingerprint density at radius 2 is 0.614 bits per heavy atom. The van der Waals surface area contributed by atoms with Crippen LogP contribution in [0, 0.1) is 17.8 Å². The Morgan fingerprint density at radius 1 is 0.351 bits per heavy atom. The first-order valence-electron chi connectivity index (χ1n) is 25.1. The Balaban J connectivity index is 4.25. The summed E-state index contributed by atoms with van der Waals surface area (Å²) in [5.41, 5.74) is 0. The zero-order valence-corrected chi connectivity index (χ0v) is 39.1. The van der Waals surface area contributed by atoms with Crippen molar-refractivity contribution in [3.63, 3.8) is 0 Å². The second kappa shape index (κ2) is 42.5. The predicted octanol–water partition coefficient (Wildman–Crippen LogP) is 16.0. The first kappa shape index (κ1) is 55.4. The molecule has 0 saturated heterocycles. The molecule has 0 bridgehead atoms. The Kier molecular flexibility index (Phi) is 41.3. The molecule has 0 saturated carbocycles. The van der Waals surface area contributed by atoms with Gasteiger partial charge >= 0.3 is 17.9 Å². The summed E-state index contributed by atoms with van der Waals surface area (Å²) in [6.07, 6.45) is 41.0. The molecular weight excluding hydrogens is 709 g/mol. The normalized spacial score (nSPS) is 12.6. The molecule has 0 heterocycles. The van der Waals surface area contributed by atoms with Crippen molar-refractivity contribution >= 4 is 17.9 Å². The molecule has 0 radical (unpaired) electrons. The lowest BCUT2D eigenvalue weighted by Gasteiger charge is -2.18. The molecule has 57 heavy (non-hydrogen) atoms. The third-order valence-corrected chi connectivity index (χ3v) is 11.8. The second-order valence-corrected chi connectivity index (χ2v) is 18.6. The summed E-state index contributed by atoms with van der Waals surface area (Å²) in [7, 11) is 0. The van der Waals surface area contributed by atoms with E-state index in [1.54, 1.807) is 0 Å². The number of carbonyl (C=O) groups is 3. The molecule has 338 valence electrons. The number of hydrogen-bond acceptors (Lipinski definition) is 6. The predicted molar refractivity (Wildman–Crippen MR) is 243 cm³/mol. The van der Waals surface area contributed by atoms with Crippen LogP contribution in [0.2, 0.25) is 0 Å². The highest BCUT2D eigenvalue weighted by Gasteiger charge is 2.19. The van der Waals surface area contributed by atoms with Gasteiger partial charge in [-0.1, -0.05) is 234 Å². The third kappa shape index (κ3) is 43.8. The van der Waals surface area contributed by atoms with Gasteiger partial charge in [-0.3, -0.25) is 14.4 Å². The zero-order valence-electron chi connectivity index (χ0n) is 39.1. The third-order valence-electron chi connectivity index (χ3n) is 11.8. The summed E-state index contributed by atoms with van der Waals surface area (Å²) in [6, 6.07) is 0. The largest absolute Gasteiger partial charge is 0.462 e. The minimum Gasteiger partial charge on any atom is -0.462 e. The Hall–Kier alpha value is -1.59. The van der Waals surface area contributed by atoms with E-state index < -0.39 is 6.10 Å². The van der Waals surface area contributed by atoms with Crippen LogP contribution in [0.25, 0.3) is 0 Å². The van der Waals surface area contributed by atoms with Crippen molar-refractivity contribution < 1.29 is 28.6 Å². The van der Waals surface area contributed by atoms with E-state index in [1.165, 1.54) is 154 Å². The molecule has 0 aromatic carbocycles. The van der Waals surface area contributed by atoms with Crippen LogP contribution in [0.4, 0.5) is 0 Å². The van der Waals surface area contributed by atoms with E-state index in [0.29, 0.717) is 19.3 Å². The van der Waals surface area contributed by atoms with Gasteiger partial charge in [0.05, 0.1) is 0 Å². The fourth-order valence-electron chi connectivity index (χ4n) is 7.55. The molecule has 0 spiro atoms. The van der Waals surface area contributed by atoms with Crippen LogP contribution in [-0.2, 0) is 28.6 Å². The van der Waals surface area contributed by atoms with Gasteiger partial charge in [0.15, 0.2) is 6.10 Å². The standard InChI is InChI=1S/C51H98O6/c1-7-47(6)39-33-27-21-14-12-10-8-9-11-13-15-22-28-34-40-49(52)55-43-48(57-51(54)42-36-30-24-18-20-26-32-38-46(4)5)44-56-50(53)41-35-29-23-17-16-19-25-31-37-45(2)3/h45-48H,7-44H2,1-6H3/t47?,48-/m0/s1. The molecule has 6 heteroatoms. The Bertz CT molecular complexity index is 885. The van der Waals surface area contributed by atoms with E-state index >= 15 is 0 Å². The topological polar surface area (TPSA) is 78.9 Å². The van der Waals surface area contributed by atoms with Gasteiger partial charge in [-0.15, -0.1) is 0 Å². The lowest BCUT2D eigenvalue weighted by Crippen LogP contribution is -2.30. The Morgan fingerprint density at radius 3 is 0.912 bits per heavy atom. The van der Waals surface area contributed by atoms with E-state index in [9.17, 15) is 14.4 Å². The summed E-state index contributed by atoms with van der Waals surface area (Å²) in [6.45, 7) is 13.7. The van der Waals surface area contributed by atoms with Crippen LogP contribution in [0.5, 0.6) is 0 Å². The lowest BCUT2D eigenvalue weighted by molar-refractivity contribution is -0.167. The number of carbonyl (C=O) groups excluding carboxylic acids is 3. The number of rotatable bonds is 44. The molecule has 1 unspecified atom stereocenters. The zero-order chi connectivity index (χ0) is 42.0. The van der Waals surface area contributed by atoms with E-state index in [1.807, 2.05) is 0 Å². The maximum Gasteiger partial charge on any atom is 0.306 e. The van der Waals surface area contributed by atoms with Gasteiger partial charge in [-0.25, -0.2) is 0 Å². The molecule has 2 atom stereocenters. The van der Waals surface area contributed by atoms with E-state index in [2.05, 4.69) is 41.5 Å². The average molecular weight is 807 g/mol. The average Bonchev–Trinajstić information content (AvgIpc) is 3.18. The Labute approximate surface area is 355 Å². The fourth-order valence-corrected chi connectivity index (χ4v) is 7.55. The molecule has 0 aromatic rings. The molecule has 0 aromatic heterocycles. The summed E-state index contributed by atoms with van der Waals surface area (Å²) in [5.74, 6) is 1.61. The van der Waals surface area contributed by atoms with E-state index in [0.717, 1.165) is 75.5 Å². The monoisotopic (exact) mass is 807 g/mol. The maximum atomic E-state index is 12.7. The molecule has 6 nitrogen and oxygen atoms in total. The van der Waals surface area contributed by atoms with Crippen molar-refractivity contribution in [2.24, 2.45) is 17.8 Å². The van der Waals surface area contributed by atoms with Gasteiger partial charge in [-0.2, -0.15) is 0 Å². The van der Waals surface area contributed by atoms with Crippen molar-refractivity contribution in [3.8, 4) is 0 Å². The molecule has 0 N–H and O–H groups in total.